The van der Waals surface area contributed by atoms with Gasteiger partial charge in [0.2, 0.25) is 0 Å². The molecule has 1 aliphatic rings. The van der Waals surface area contributed by atoms with E-state index in [0.717, 1.165) is 12.8 Å². The fourth-order valence-corrected chi connectivity index (χ4v) is 3.10. The van der Waals surface area contributed by atoms with Gasteiger partial charge in [0.1, 0.15) is 5.76 Å². The quantitative estimate of drug-likeness (QED) is 0.781. The predicted molar refractivity (Wildman–Crippen MR) is 73.8 cm³/mol. The number of hydrogen-bond donors (Lipinski definition) is 2. The zero-order valence-electron chi connectivity index (χ0n) is 11.8. The minimum absolute atomic E-state index is 0.0302. The Bertz CT molecular complexity index is 332. The summed E-state index contributed by atoms with van der Waals surface area (Å²) in [6.07, 6.45) is 7.83. The summed E-state index contributed by atoms with van der Waals surface area (Å²) >= 11 is 0. The molecule has 0 fully saturated rings. The van der Waals surface area contributed by atoms with Crippen molar-refractivity contribution in [3.8, 4) is 0 Å². The Morgan fingerprint density at radius 3 is 2.59 bits per heavy atom. The Morgan fingerprint density at radius 1 is 1.53 bits per heavy atom. The van der Waals surface area contributed by atoms with Gasteiger partial charge in [0.25, 0.3) is 0 Å². The number of hydrogen-bond acceptors (Lipinski definition) is 2. The highest BCUT2D eigenvalue weighted by Crippen LogP contribution is 2.52. The standard InChI is InChI=1S/C15H27NO/c1-6-9-14(4,11(2)3)15(5)10-12(17)7-8-13(15)16/h7-8,10-11,13,17H,6,9,16H2,1-5H3/t13?,14-,15?/m1/s1. The van der Waals surface area contributed by atoms with Crippen LogP contribution in [0.25, 0.3) is 0 Å². The number of allylic oxidation sites excluding steroid dienone is 1. The topological polar surface area (TPSA) is 46.2 Å². The van der Waals surface area contributed by atoms with Crippen molar-refractivity contribution >= 4 is 0 Å². The van der Waals surface area contributed by atoms with Crippen LogP contribution in [0.1, 0.15) is 47.5 Å². The van der Waals surface area contributed by atoms with Crippen LogP contribution in [0.15, 0.2) is 24.0 Å². The van der Waals surface area contributed by atoms with Gasteiger partial charge in [-0.15, -0.1) is 0 Å². The van der Waals surface area contributed by atoms with Gasteiger partial charge in [0.15, 0.2) is 0 Å². The first-order chi connectivity index (χ1) is 7.78. The SMILES string of the molecule is CCC[C@](C)(C(C)C)C1(C)C=C(O)C=CC1N. The minimum Gasteiger partial charge on any atom is -0.508 e. The molecule has 0 amide bonds. The minimum atomic E-state index is -0.185. The lowest BCUT2D eigenvalue weighted by Gasteiger charge is -2.51. The Hall–Kier alpha value is -0.760. The van der Waals surface area contributed by atoms with Crippen molar-refractivity contribution in [2.45, 2.75) is 53.5 Å². The van der Waals surface area contributed by atoms with Crippen molar-refractivity contribution in [2.24, 2.45) is 22.5 Å². The molecule has 3 N–H and O–H groups in total. The molecule has 17 heavy (non-hydrogen) atoms. The second kappa shape index (κ2) is 4.85. The first-order valence-electron chi connectivity index (χ1n) is 6.63. The third-order valence-corrected chi connectivity index (χ3v) is 4.89. The van der Waals surface area contributed by atoms with Gasteiger partial charge in [-0.25, -0.2) is 0 Å². The number of rotatable bonds is 4. The predicted octanol–water partition coefficient (Wildman–Crippen LogP) is 3.79. The Labute approximate surface area is 106 Å². The van der Waals surface area contributed by atoms with Gasteiger partial charge in [-0.3, -0.25) is 0 Å². The number of nitrogens with two attached hydrogens (primary N) is 1. The second-order valence-corrected chi connectivity index (χ2v) is 6.06. The summed E-state index contributed by atoms with van der Waals surface area (Å²) in [5, 5.41) is 9.79. The van der Waals surface area contributed by atoms with Gasteiger partial charge >= 0.3 is 0 Å². The van der Waals surface area contributed by atoms with E-state index in [1.54, 1.807) is 6.08 Å². The maximum absolute atomic E-state index is 9.79. The van der Waals surface area contributed by atoms with Gasteiger partial charge in [0, 0.05) is 11.5 Å². The summed E-state index contributed by atoms with van der Waals surface area (Å²) in [6, 6.07) is -0.0302. The summed E-state index contributed by atoms with van der Waals surface area (Å²) in [7, 11) is 0. The third kappa shape index (κ3) is 2.28. The zero-order chi connectivity index (χ0) is 13.3. The monoisotopic (exact) mass is 237 g/mol. The van der Waals surface area contributed by atoms with Crippen LogP contribution in [0, 0.1) is 16.7 Å². The van der Waals surface area contributed by atoms with Crippen LogP contribution < -0.4 is 5.73 Å². The maximum Gasteiger partial charge on any atom is 0.111 e. The van der Waals surface area contributed by atoms with E-state index in [1.165, 1.54) is 0 Å². The van der Waals surface area contributed by atoms with E-state index >= 15 is 0 Å². The van der Waals surface area contributed by atoms with E-state index < -0.39 is 0 Å². The molecular formula is C15H27NO. The first kappa shape index (κ1) is 14.3. The Balaban J connectivity index is 3.21. The molecule has 1 rings (SSSR count). The molecule has 2 heteroatoms. The molecule has 2 unspecified atom stereocenters. The molecule has 0 bridgehead atoms. The molecule has 0 radical (unpaired) electrons. The highest BCUT2D eigenvalue weighted by Gasteiger charge is 2.48. The fourth-order valence-electron chi connectivity index (χ4n) is 3.10. The Morgan fingerprint density at radius 2 is 2.12 bits per heavy atom. The number of aliphatic hydroxyl groups excluding tert-OH is 1. The van der Waals surface area contributed by atoms with Crippen molar-refractivity contribution in [3.05, 3.63) is 24.0 Å². The summed E-state index contributed by atoms with van der Waals surface area (Å²) in [6.45, 7) is 11.2. The lowest BCUT2D eigenvalue weighted by atomic mass is 9.54. The molecule has 98 valence electrons. The normalized spacial score (nSPS) is 32.4. The molecule has 0 saturated heterocycles. The molecule has 1 aliphatic carbocycles. The van der Waals surface area contributed by atoms with E-state index in [0.29, 0.717) is 11.7 Å². The lowest BCUT2D eigenvalue weighted by Crippen LogP contribution is -2.52. The summed E-state index contributed by atoms with van der Waals surface area (Å²) in [5.74, 6) is 0.867. The maximum atomic E-state index is 9.79. The molecule has 0 spiro atoms. The van der Waals surface area contributed by atoms with Crippen molar-refractivity contribution in [1.29, 1.82) is 0 Å². The van der Waals surface area contributed by atoms with Gasteiger partial charge in [-0.1, -0.05) is 47.1 Å². The van der Waals surface area contributed by atoms with Crippen LogP contribution in [0.5, 0.6) is 0 Å². The Kier molecular flexibility index (Phi) is 4.08. The van der Waals surface area contributed by atoms with Crippen molar-refractivity contribution < 1.29 is 5.11 Å². The molecule has 0 saturated carbocycles. The van der Waals surface area contributed by atoms with Crippen LogP contribution in [0.2, 0.25) is 0 Å². The molecule has 0 heterocycles. The van der Waals surface area contributed by atoms with Gasteiger partial charge in [-0.2, -0.15) is 0 Å². The van der Waals surface area contributed by atoms with Crippen LogP contribution in [-0.4, -0.2) is 11.1 Å². The second-order valence-electron chi connectivity index (χ2n) is 6.06. The highest BCUT2D eigenvalue weighted by atomic mass is 16.3. The van der Waals surface area contributed by atoms with Crippen LogP contribution in [0.3, 0.4) is 0 Å². The number of aliphatic hydroxyl groups is 1. The zero-order valence-corrected chi connectivity index (χ0v) is 11.8. The largest absolute Gasteiger partial charge is 0.508 e. The van der Waals surface area contributed by atoms with E-state index in [2.05, 4.69) is 34.6 Å². The average Bonchev–Trinajstić information content (AvgIpc) is 2.23. The smallest absolute Gasteiger partial charge is 0.111 e. The fraction of sp³-hybridized carbons (Fsp3) is 0.733. The first-order valence-corrected chi connectivity index (χ1v) is 6.63. The molecular weight excluding hydrogens is 210 g/mol. The molecule has 3 atom stereocenters. The van der Waals surface area contributed by atoms with E-state index in [4.69, 9.17) is 5.73 Å². The lowest BCUT2D eigenvalue weighted by molar-refractivity contribution is 0.0355. The third-order valence-electron chi connectivity index (χ3n) is 4.89. The molecule has 2 nitrogen and oxygen atoms in total. The molecule has 0 aromatic rings. The van der Waals surface area contributed by atoms with Crippen LogP contribution in [-0.2, 0) is 0 Å². The summed E-state index contributed by atoms with van der Waals surface area (Å²) < 4.78 is 0. The molecule has 0 aliphatic heterocycles. The molecule has 0 aromatic heterocycles. The van der Waals surface area contributed by atoms with E-state index in [-0.39, 0.29) is 16.9 Å². The van der Waals surface area contributed by atoms with E-state index in [9.17, 15) is 5.11 Å². The molecule has 0 aromatic carbocycles. The van der Waals surface area contributed by atoms with Gasteiger partial charge in [0.05, 0.1) is 0 Å². The van der Waals surface area contributed by atoms with Crippen LogP contribution in [0.4, 0.5) is 0 Å². The van der Waals surface area contributed by atoms with Crippen LogP contribution >= 0.6 is 0 Å². The van der Waals surface area contributed by atoms with Gasteiger partial charge in [-0.05, 0) is 29.9 Å². The van der Waals surface area contributed by atoms with E-state index in [1.807, 2.05) is 12.2 Å². The van der Waals surface area contributed by atoms with Crippen molar-refractivity contribution in [1.82, 2.24) is 0 Å². The average molecular weight is 237 g/mol. The van der Waals surface area contributed by atoms with Gasteiger partial charge < -0.3 is 10.8 Å². The summed E-state index contributed by atoms with van der Waals surface area (Å²) in [5.41, 5.74) is 6.20. The van der Waals surface area contributed by atoms with Crippen molar-refractivity contribution in [3.63, 3.8) is 0 Å². The highest BCUT2D eigenvalue weighted by molar-refractivity contribution is 5.28. The van der Waals surface area contributed by atoms with Crippen molar-refractivity contribution in [2.75, 3.05) is 0 Å². The summed E-state index contributed by atoms with van der Waals surface area (Å²) in [4.78, 5) is 0.